The number of aliphatic hydroxyl groups is 1. The quantitative estimate of drug-likeness (QED) is 0.791. The molecule has 4 bridgehead atoms. The number of carbonyl (C=O) groups excluding carboxylic acids is 1. The molecule has 0 amide bonds. The predicted octanol–water partition coefficient (Wildman–Crippen LogP) is 3.88. The van der Waals surface area contributed by atoms with E-state index in [2.05, 4.69) is 0 Å². The van der Waals surface area contributed by atoms with Crippen LogP contribution in [0.1, 0.15) is 50.5 Å². The van der Waals surface area contributed by atoms with Crippen LogP contribution in [0, 0.1) is 17.3 Å². The van der Waals surface area contributed by atoms with Crippen molar-refractivity contribution >= 4 is 17.6 Å². The van der Waals surface area contributed by atoms with Crippen LogP contribution in [-0.4, -0.2) is 29.9 Å². The molecule has 5 nitrogen and oxygen atoms in total. The van der Waals surface area contributed by atoms with Crippen LogP contribution >= 0.6 is 11.6 Å². The van der Waals surface area contributed by atoms with E-state index in [4.69, 9.17) is 25.8 Å². The third kappa shape index (κ3) is 3.09. The summed E-state index contributed by atoms with van der Waals surface area (Å²) in [6.07, 6.45) is 5.90. The first-order valence-corrected chi connectivity index (χ1v) is 10.3. The molecule has 0 saturated heterocycles. The summed E-state index contributed by atoms with van der Waals surface area (Å²) in [6.45, 7) is 1.32. The van der Waals surface area contributed by atoms with Gasteiger partial charge in [0.15, 0.2) is 11.5 Å². The summed E-state index contributed by atoms with van der Waals surface area (Å²) in [6, 6.07) is 3.61. The van der Waals surface area contributed by atoms with E-state index in [1.165, 1.54) is 0 Å². The van der Waals surface area contributed by atoms with Crippen molar-refractivity contribution in [1.29, 1.82) is 0 Å². The molecule has 4 aliphatic carbocycles. The van der Waals surface area contributed by atoms with Crippen LogP contribution in [0.15, 0.2) is 12.1 Å². The zero-order valence-corrected chi connectivity index (χ0v) is 16.1. The average Bonchev–Trinajstić information content (AvgIpc) is 2.83. The minimum absolute atomic E-state index is 0.157. The molecule has 1 heterocycles. The van der Waals surface area contributed by atoms with Gasteiger partial charge >= 0.3 is 5.97 Å². The highest BCUT2D eigenvalue weighted by Gasteiger charge is 2.60. The second kappa shape index (κ2) is 6.28. The lowest BCUT2D eigenvalue weighted by molar-refractivity contribution is -0.197. The number of fused-ring (bicyclic) bond motifs is 1. The highest BCUT2D eigenvalue weighted by atomic mass is 35.5. The van der Waals surface area contributed by atoms with Crippen molar-refractivity contribution in [3.63, 3.8) is 0 Å². The molecule has 0 spiro atoms. The number of halogens is 1. The van der Waals surface area contributed by atoms with E-state index in [-0.39, 0.29) is 12.6 Å². The molecule has 4 fully saturated rings. The molecule has 2 unspecified atom stereocenters. The van der Waals surface area contributed by atoms with Crippen LogP contribution in [-0.2, 0) is 16.1 Å². The van der Waals surface area contributed by atoms with Gasteiger partial charge in [-0.05, 0) is 68.1 Å². The molecular formula is C21H25ClO5. The van der Waals surface area contributed by atoms with Crippen molar-refractivity contribution < 1.29 is 24.1 Å². The molecule has 0 aromatic heterocycles. The van der Waals surface area contributed by atoms with Crippen molar-refractivity contribution in [3.05, 3.63) is 22.7 Å². The van der Waals surface area contributed by atoms with Gasteiger partial charge in [0.1, 0.15) is 6.61 Å². The van der Waals surface area contributed by atoms with Crippen LogP contribution < -0.4 is 9.47 Å². The predicted molar refractivity (Wildman–Crippen MR) is 98.9 cm³/mol. The topological polar surface area (TPSA) is 65.0 Å². The fourth-order valence-electron chi connectivity index (χ4n) is 6.12. The van der Waals surface area contributed by atoms with Crippen molar-refractivity contribution in [2.45, 2.75) is 57.2 Å². The number of hydrogen-bond acceptors (Lipinski definition) is 5. The Morgan fingerprint density at radius 3 is 2.67 bits per heavy atom. The first-order valence-electron chi connectivity index (χ1n) is 9.92. The number of esters is 1. The van der Waals surface area contributed by atoms with Crippen molar-refractivity contribution in [3.8, 4) is 11.5 Å². The van der Waals surface area contributed by atoms with E-state index in [1.807, 2.05) is 6.07 Å². The fraction of sp³-hybridized carbons (Fsp3) is 0.667. The van der Waals surface area contributed by atoms with E-state index >= 15 is 0 Å². The van der Waals surface area contributed by atoms with Crippen LogP contribution in [0.4, 0.5) is 0 Å². The number of ether oxygens (including phenoxy) is 3. The maximum Gasteiger partial charge on any atom is 0.312 e. The lowest BCUT2D eigenvalue weighted by Gasteiger charge is -2.58. The largest absolute Gasteiger partial charge is 0.489 e. The van der Waals surface area contributed by atoms with E-state index in [1.54, 1.807) is 6.07 Å². The van der Waals surface area contributed by atoms with Crippen LogP contribution in [0.2, 0.25) is 5.02 Å². The highest BCUT2D eigenvalue weighted by molar-refractivity contribution is 6.32. The van der Waals surface area contributed by atoms with Crippen molar-refractivity contribution in [2.24, 2.45) is 17.3 Å². The maximum atomic E-state index is 13.0. The van der Waals surface area contributed by atoms with Crippen molar-refractivity contribution in [2.75, 3.05) is 13.2 Å². The van der Waals surface area contributed by atoms with Gasteiger partial charge in [-0.2, -0.15) is 0 Å². The fourth-order valence-corrected chi connectivity index (χ4v) is 6.41. The monoisotopic (exact) mass is 392 g/mol. The van der Waals surface area contributed by atoms with E-state index in [0.717, 1.165) is 44.1 Å². The molecule has 27 heavy (non-hydrogen) atoms. The Hall–Kier alpha value is -1.46. The van der Waals surface area contributed by atoms with Crippen LogP contribution in [0.3, 0.4) is 0 Å². The molecule has 6 rings (SSSR count). The van der Waals surface area contributed by atoms with Gasteiger partial charge in [0.25, 0.3) is 0 Å². The second-order valence-corrected chi connectivity index (χ2v) is 9.40. The number of hydrogen-bond donors (Lipinski definition) is 1. The van der Waals surface area contributed by atoms with Gasteiger partial charge in [-0.1, -0.05) is 11.6 Å². The Morgan fingerprint density at radius 1 is 1.19 bits per heavy atom. The van der Waals surface area contributed by atoms with Gasteiger partial charge in [0.2, 0.25) is 0 Å². The lowest BCUT2D eigenvalue weighted by atomic mass is 9.48. The van der Waals surface area contributed by atoms with Gasteiger partial charge in [0, 0.05) is 6.42 Å². The summed E-state index contributed by atoms with van der Waals surface area (Å²) in [5.41, 5.74) is -0.378. The standard InChI is InChI=1S/C21H25ClO5/c22-16-5-13(6-17-18(16)26-3-1-2-25-17)11-27-19(23)20-7-14-4-15(8-20)10-21(24,9-14)12-20/h5-6,14-15,24H,1-4,7-12H2. The first kappa shape index (κ1) is 17.6. The SMILES string of the molecule is O=C(OCc1cc(Cl)c2c(c1)OCCCO2)C12CC3CC(CC(O)(C3)C1)C2. The Bertz CT molecular complexity index is 762. The summed E-state index contributed by atoms with van der Waals surface area (Å²) < 4.78 is 17.1. The molecule has 1 aliphatic heterocycles. The Morgan fingerprint density at radius 2 is 1.93 bits per heavy atom. The highest BCUT2D eigenvalue weighted by Crippen LogP contribution is 2.62. The van der Waals surface area contributed by atoms with E-state index in [9.17, 15) is 9.90 Å². The van der Waals surface area contributed by atoms with Gasteiger partial charge in [0.05, 0.1) is 29.3 Å². The number of carbonyl (C=O) groups is 1. The van der Waals surface area contributed by atoms with E-state index < -0.39 is 11.0 Å². The molecule has 2 atom stereocenters. The molecule has 0 radical (unpaired) electrons. The van der Waals surface area contributed by atoms with Gasteiger partial charge in [-0.15, -0.1) is 0 Å². The molecule has 1 aromatic carbocycles. The average molecular weight is 393 g/mol. The molecule has 146 valence electrons. The minimum Gasteiger partial charge on any atom is -0.489 e. The number of rotatable bonds is 3. The Labute approximate surface area is 163 Å². The zero-order chi connectivity index (χ0) is 18.6. The zero-order valence-electron chi connectivity index (χ0n) is 15.3. The van der Waals surface area contributed by atoms with Crippen LogP contribution in [0.25, 0.3) is 0 Å². The summed E-state index contributed by atoms with van der Waals surface area (Å²) >= 11 is 6.33. The molecule has 4 saturated carbocycles. The summed E-state index contributed by atoms with van der Waals surface area (Å²) in [5.74, 6) is 1.91. The molecule has 5 aliphatic rings. The summed E-state index contributed by atoms with van der Waals surface area (Å²) in [5, 5.41) is 11.3. The second-order valence-electron chi connectivity index (χ2n) is 9.00. The van der Waals surface area contributed by atoms with Crippen molar-refractivity contribution in [1.82, 2.24) is 0 Å². The van der Waals surface area contributed by atoms with Gasteiger partial charge in [-0.25, -0.2) is 0 Å². The molecule has 1 aromatic rings. The minimum atomic E-state index is -0.665. The molecule has 6 heteroatoms. The Kier molecular flexibility index (Phi) is 4.10. The smallest absolute Gasteiger partial charge is 0.312 e. The summed E-state index contributed by atoms with van der Waals surface area (Å²) in [7, 11) is 0. The third-order valence-electron chi connectivity index (χ3n) is 6.70. The normalized spacial score (nSPS) is 36.4. The molecule has 1 N–H and O–H groups in total. The Balaban J connectivity index is 1.31. The van der Waals surface area contributed by atoms with Gasteiger partial charge < -0.3 is 19.3 Å². The van der Waals surface area contributed by atoms with Gasteiger partial charge in [-0.3, -0.25) is 4.79 Å². The molecular weight excluding hydrogens is 368 g/mol. The van der Waals surface area contributed by atoms with Crippen LogP contribution in [0.5, 0.6) is 11.5 Å². The summed E-state index contributed by atoms with van der Waals surface area (Å²) in [4.78, 5) is 13.0. The number of benzene rings is 1. The lowest BCUT2D eigenvalue weighted by Crippen LogP contribution is -2.58. The first-order chi connectivity index (χ1) is 12.9. The van der Waals surface area contributed by atoms with E-state index in [0.29, 0.717) is 48.0 Å². The maximum absolute atomic E-state index is 13.0. The third-order valence-corrected chi connectivity index (χ3v) is 6.98.